The molecule has 0 aromatic carbocycles. The van der Waals surface area contributed by atoms with Crippen molar-refractivity contribution in [1.82, 2.24) is 9.80 Å². The maximum atomic E-state index is 5.96. The molecule has 1 aliphatic heterocycles. The minimum Gasteiger partial charge on any atom is -0.329 e. The lowest BCUT2D eigenvalue weighted by molar-refractivity contribution is 0.0533. The zero-order valence-corrected chi connectivity index (χ0v) is 11.4. The van der Waals surface area contributed by atoms with E-state index in [0.29, 0.717) is 12.1 Å². The molecule has 1 rings (SSSR count). The van der Waals surface area contributed by atoms with Gasteiger partial charge in [0, 0.05) is 38.3 Å². The Morgan fingerprint density at radius 1 is 1.38 bits per heavy atom. The maximum Gasteiger partial charge on any atom is 0.0245 e. The molecule has 0 aliphatic carbocycles. The fourth-order valence-corrected chi connectivity index (χ4v) is 2.77. The molecular formula is C13H29N3. The number of piperazine rings is 1. The first-order valence-electron chi connectivity index (χ1n) is 6.74. The second-order valence-electron chi connectivity index (χ2n) is 5.39. The van der Waals surface area contributed by atoms with Gasteiger partial charge in [0.05, 0.1) is 0 Å². The molecule has 0 aromatic heterocycles. The third-order valence-corrected chi connectivity index (χ3v) is 4.10. The van der Waals surface area contributed by atoms with Crippen molar-refractivity contribution >= 4 is 0 Å². The van der Waals surface area contributed by atoms with Crippen LogP contribution >= 0.6 is 0 Å². The average Bonchev–Trinajstić information content (AvgIpc) is 2.25. The van der Waals surface area contributed by atoms with Gasteiger partial charge in [-0.3, -0.25) is 4.90 Å². The van der Waals surface area contributed by atoms with E-state index in [9.17, 15) is 0 Å². The summed E-state index contributed by atoms with van der Waals surface area (Å²) in [5, 5.41) is 0. The Morgan fingerprint density at radius 2 is 2.06 bits per heavy atom. The summed E-state index contributed by atoms with van der Waals surface area (Å²) in [6, 6.07) is 1.24. The van der Waals surface area contributed by atoms with Crippen molar-refractivity contribution in [2.45, 2.75) is 45.7 Å². The van der Waals surface area contributed by atoms with Crippen LogP contribution in [-0.4, -0.2) is 55.1 Å². The van der Waals surface area contributed by atoms with E-state index in [4.69, 9.17) is 5.73 Å². The third-order valence-electron chi connectivity index (χ3n) is 4.10. The first-order valence-corrected chi connectivity index (χ1v) is 6.74. The van der Waals surface area contributed by atoms with E-state index in [0.717, 1.165) is 12.5 Å². The van der Waals surface area contributed by atoms with E-state index in [-0.39, 0.29) is 0 Å². The van der Waals surface area contributed by atoms with E-state index in [1.807, 2.05) is 0 Å². The zero-order valence-electron chi connectivity index (χ0n) is 11.4. The molecule has 96 valence electrons. The van der Waals surface area contributed by atoms with Crippen LogP contribution in [0.5, 0.6) is 0 Å². The third kappa shape index (κ3) is 3.44. The van der Waals surface area contributed by atoms with Crippen LogP contribution in [0.25, 0.3) is 0 Å². The van der Waals surface area contributed by atoms with Crippen molar-refractivity contribution in [2.24, 2.45) is 11.7 Å². The van der Waals surface area contributed by atoms with Crippen LogP contribution in [0.15, 0.2) is 0 Å². The molecule has 3 atom stereocenters. The van der Waals surface area contributed by atoms with Crippen LogP contribution < -0.4 is 5.73 Å². The highest BCUT2D eigenvalue weighted by atomic mass is 15.3. The van der Waals surface area contributed by atoms with E-state index < -0.39 is 0 Å². The summed E-state index contributed by atoms with van der Waals surface area (Å²) in [5.41, 5.74) is 5.96. The van der Waals surface area contributed by atoms with Gasteiger partial charge in [-0.15, -0.1) is 0 Å². The summed E-state index contributed by atoms with van der Waals surface area (Å²) in [4.78, 5) is 5.04. The van der Waals surface area contributed by atoms with Crippen molar-refractivity contribution in [2.75, 3.05) is 33.2 Å². The van der Waals surface area contributed by atoms with Gasteiger partial charge in [0.1, 0.15) is 0 Å². The summed E-state index contributed by atoms with van der Waals surface area (Å²) in [7, 11) is 2.22. The molecule has 3 nitrogen and oxygen atoms in total. The number of nitrogens with two attached hydrogens (primary N) is 1. The summed E-state index contributed by atoms with van der Waals surface area (Å²) >= 11 is 0. The summed E-state index contributed by atoms with van der Waals surface area (Å²) in [6.07, 6.45) is 2.56. The molecule has 1 heterocycles. The fraction of sp³-hybridized carbons (Fsp3) is 1.00. The van der Waals surface area contributed by atoms with Gasteiger partial charge in [0.2, 0.25) is 0 Å². The number of hydrogen-bond acceptors (Lipinski definition) is 3. The van der Waals surface area contributed by atoms with Crippen molar-refractivity contribution in [1.29, 1.82) is 0 Å². The highest BCUT2D eigenvalue weighted by Gasteiger charge is 2.28. The van der Waals surface area contributed by atoms with E-state index in [2.05, 4.69) is 37.6 Å². The highest BCUT2D eigenvalue weighted by Crippen LogP contribution is 2.19. The Bertz CT molecular complexity index is 196. The van der Waals surface area contributed by atoms with Gasteiger partial charge in [-0.1, -0.05) is 20.3 Å². The Balaban J connectivity index is 2.53. The van der Waals surface area contributed by atoms with Gasteiger partial charge >= 0.3 is 0 Å². The van der Waals surface area contributed by atoms with Gasteiger partial charge in [0.25, 0.3) is 0 Å². The van der Waals surface area contributed by atoms with E-state index in [1.165, 1.54) is 32.5 Å². The number of likely N-dealkylation sites (N-methyl/N-ethyl adjacent to an activating group) is 1. The van der Waals surface area contributed by atoms with Gasteiger partial charge in [0.15, 0.2) is 0 Å². The quantitative estimate of drug-likeness (QED) is 0.770. The Hall–Kier alpha value is -0.120. The van der Waals surface area contributed by atoms with E-state index in [1.54, 1.807) is 0 Å². The predicted octanol–water partition coefficient (Wildman–Crippen LogP) is 1.39. The van der Waals surface area contributed by atoms with Crippen molar-refractivity contribution in [3.05, 3.63) is 0 Å². The molecule has 16 heavy (non-hydrogen) atoms. The van der Waals surface area contributed by atoms with Crippen molar-refractivity contribution in [3.63, 3.8) is 0 Å². The van der Waals surface area contributed by atoms with Gasteiger partial charge in [-0.05, 0) is 26.3 Å². The van der Waals surface area contributed by atoms with Crippen LogP contribution in [-0.2, 0) is 0 Å². The summed E-state index contributed by atoms with van der Waals surface area (Å²) in [5.74, 6) is 0.727. The standard InChI is InChI=1S/C13H29N3/c1-5-6-11(2)13(9-14)16-8-7-15(4)12(3)10-16/h11-13H,5-10,14H2,1-4H3. The predicted molar refractivity (Wildman–Crippen MR) is 70.6 cm³/mol. The number of hydrogen-bond donors (Lipinski definition) is 1. The zero-order chi connectivity index (χ0) is 12.1. The first-order chi connectivity index (χ1) is 7.60. The SMILES string of the molecule is CCCC(C)C(CN)N1CCN(C)C(C)C1. The average molecular weight is 227 g/mol. The fourth-order valence-electron chi connectivity index (χ4n) is 2.77. The molecular weight excluding hydrogens is 198 g/mol. The Morgan fingerprint density at radius 3 is 2.56 bits per heavy atom. The number of rotatable bonds is 5. The highest BCUT2D eigenvalue weighted by molar-refractivity contribution is 4.85. The molecule has 3 unspecified atom stereocenters. The van der Waals surface area contributed by atoms with Crippen LogP contribution in [0.2, 0.25) is 0 Å². The topological polar surface area (TPSA) is 32.5 Å². The van der Waals surface area contributed by atoms with Gasteiger partial charge in [-0.25, -0.2) is 0 Å². The van der Waals surface area contributed by atoms with Gasteiger partial charge in [-0.2, -0.15) is 0 Å². The largest absolute Gasteiger partial charge is 0.329 e. The Kier molecular flexibility index (Phi) is 5.73. The minimum atomic E-state index is 0.580. The molecule has 1 saturated heterocycles. The first kappa shape index (κ1) is 13.9. The molecule has 0 aromatic rings. The molecule has 0 saturated carbocycles. The molecule has 0 spiro atoms. The summed E-state index contributed by atoms with van der Waals surface area (Å²) < 4.78 is 0. The second-order valence-corrected chi connectivity index (χ2v) is 5.39. The lowest BCUT2D eigenvalue weighted by atomic mass is 9.94. The molecule has 0 amide bonds. The van der Waals surface area contributed by atoms with Crippen LogP contribution in [0.4, 0.5) is 0 Å². The van der Waals surface area contributed by atoms with Crippen molar-refractivity contribution < 1.29 is 0 Å². The lowest BCUT2D eigenvalue weighted by Crippen LogP contribution is -2.56. The minimum absolute atomic E-state index is 0.580. The smallest absolute Gasteiger partial charge is 0.0245 e. The van der Waals surface area contributed by atoms with Gasteiger partial charge < -0.3 is 10.6 Å². The summed E-state index contributed by atoms with van der Waals surface area (Å²) in [6.45, 7) is 11.3. The van der Waals surface area contributed by atoms with E-state index >= 15 is 0 Å². The van der Waals surface area contributed by atoms with Crippen LogP contribution in [0, 0.1) is 5.92 Å². The molecule has 1 fully saturated rings. The van der Waals surface area contributed by atoms with Crippen LogP contribution in [0.3, 0.4) is 0 Å². The molecule has 0 radical (unpaired) electrons. The molecule has 2 N–H and O–H groups in total. The van der Waals surface area contributed by atoms with Crippen LogP contribution in [0.1, 0.15) is 33.6 Å². The normalized spacial score (nSPS) is 27.9. The molecule has 1 aliphatic rings. The lowest BCUT2D eigenvalue weighted by Gasteiger charge is -2.43. The number of nitrogens with zero attached hydrogens (tertiary/aromatic N) is 2. The monoisotopic (exact) mass is 227 g/mol. The second kappa shape index (κ2) is 6.58. The maximum absolute atomic E-state index is 5.96. The Labute approximate surface area is 101 Å². The molecule has 3 heteroatoms. The van der Waals surface area contributed by atoms with Crippen molar-refractivity contribution in [3.8, 4) is 0 Å². The molecule has 0 bridgehead atoms.